The van der Waals surface area contributed by atoms with E-state index in [1.54, 1.807) is 12.1 Å². The minimum absolute atomic E-state index is 0.120. The van der Waals surface area contributed by atoms with Gasteiger partial charge in [-0.3, -0.25) is 4.79 Å². The van der Waals surface area contributed by atoms with E-state index in [0.717, 1.165) is 17.1 Å². The van der Waals surface area contributed by atoms with Crippen LogP contribution in [0, 0.1) is 12.8 Å². The van der Waals surface area contributed by atoms with Gasteiger partial charge in [0.25, 0.3) is 5.91 Å². The molecule has 5 nitrogen and oxygen atoms in total. The molecule has 6 heteroatoms. The number of nitrogens with zero attached hydrogens (tertiary/aromatic N) is 1. The van der Waals surface area contributed by atoms with Crippen LogP contribution in [0.4, 0.5) is 0 Å². The fraction of sp³-hybridized carbons (Fsp3) is 0.529. The Morgan fingerprint density at radius 2 is 2.17 bits per heavy atom. The smallest absolute Gasteiger partial charge is 0.263 e. The molecule has 2 aromatic heterocycles. The largest absolute Gasteiger partial charge is 0.467 e. The summed E-state index contributed by atoms with van der Waals surface area (Å²) in [4.78, 5) is 17.6. The molecule has 0 aromatic carbocycles. The van der Waals surface area contributed by atoms with Crippen molar-refractivity contribution in [1.82, 2.24) is 10.3 Å². The van der Waals surface area contributed by atoms with E-state index in [0.29, 0.717) is 23.0 Å². The number of aryl methyl sites for hydroxylation is 1. The third-order valence-electron chi connectivity index (χ3n) is 3.44. The minimum atomic E-state index is -0.723. The van der Waals surface area contributed by atoms with E-state index in [4.69, 9.17) is 4.42 Å². The van der Waals surface area contributed by atoms with Crippen LogP contribution in [0.1, 0.15) is 59.4 Å². The van der Waals surface area contributed by atoms with Crippen LogP contribution in [-0.2, 0) is 6.42 Å². The number of nitrogens with one attached hydrogen (secondary N) is 1. The molecule has 2 heterocycles. The molecule has 2 aromatic rings. The summed E-state index contributed by atoms with van der Waals surface area (Å²) >= 11 is 1.42. The number of carbonyl (C=O) groups is 1. The van der Waals surface area contributed by atoms with E-state index >= 15 is 0 Å². The topological polar surface area (TPSA) is 75.4 Å². The first-order valence-corrected chi connectivity index (χ1v) is 8.67. The number of aliphatic hydroxyl groups excluding tert-OH is 1. The molecule has 2 N–H and O–H groups in total. The van der Waals surface area contributed by atoms with Crippen molar-refractivity contribution in [3.05, 3.63) is 39.7 Å². The highest BCUT2D eigenvalue weighted by molar-refractivity contribution is 7.13. The molecular weight excluding hydrogens is 312 g/mol. The van der Waals surface area contributed by atoms with Gasteiger partial charge in [-0.25, -0.2) is 4.98 Å². The first-order chi connectivity index (χ1) is 10.9. The Balaban J connectivity index is 1.98. The van der Waals surface area contributed by atoms with E-state index in [-0.39, 0.29) is 11.9 Å². The second-order valence-electron chi connectivity index (χ2n) is 6.25. The Hall–Kier alpha value is -1.66. The zero-order chi connectivity index (χ0) is 17.0. The Labute approximate surface area is 140 Å². The summed E-state index contributed by atoms with van der Waals surface area (Å²) in [6, 6.07) is 3.30. The fourth-order valence-corrected chi connectivity index (χ4v) is 3.30. The normalized spacial score (nSPS) is 14.0. The van der Waals surface area contributed by atoms with Crippen LogP contribution in [0.3, 0.4) is 0 Å². The van der Waals surface area contributed by atoms with E-state index in [1.165, 1.54) is 17.6 Å². The lowest BCUT2D eigenvalue weighted by Crippen LogP contribution is -2.33. The zero-order valence-electron chi connectivity index (χ0n) is 14.0. The van der Waals surface area contributed by atoms with Crippen molar-refractivity contribution >= 4 is 17.2 Å². The van der Waals surface area contributed by atoms with Crippen molar-refractivity contribution in [3.8, 4) is 0 Å². The van der Waals surface area contributed by atoms with Gasteiger partial charge in [0.15, 0.2) is 0 Å². The van der Waals surface area contributed by atoms with E-state index in [9.17, 15) is 9.90 Å². The lowest BCUT2D eigenvalue weighted by Gasteiger charge is -2.16. The van der Waals surface area contributed by atoms with Gasteiger partial charge < -0.3 is 14.8 Å². The number of hydrogen-bond acceptors (Lipinski definition) is 5. The van der Waals surface area contributed by atoms with E-state index < -0.39 is 6.10 Å². The van der Waals surface area contributed by atoms with Crippen LogP contribution in [0.2, 0.25) is 0 Å². The average molecular weight is 336 g/mol. The van der Waals surface area contributed by atoms with Gasteiger partial charge in [0.05, 0.1) is 17.0 Å². The highest BCUT2D eigenvalue weighted by Crippen LogP contribution is 2.22. The maximum Gasteiger partial charge on any atom is 0.263 e. The molecule has 0 saturated heterocycles. The van der Waals surface area contributed by atoms with Gasteiger partial charge in [0.1, 0.15) is 16.7 Å². The number of thiazole rings is 1. The second-order valence-corrected chi connectivity index (χ2v) is 7.45. The maximum absolute atomic E-state index is 12.5. The molecular formula is C17H24N2O3S. The van der Waals surface area contributed by atoms with Gasteiger partial charge >= 0.3 is 0 Å². The predicted octanol–water partition coefficient (Wildman–Crippen LogP) is 3.49. The molecule has 1 amide bonds. The monoisotopic (exact) mass is 336 g/mol. The highest BCUT2D eigenvalue weighted by Gasteiger charge is 2.21. The molecule has 0 spiro atoms. The molecule has 0 aliphatic heterocycles. The molecule has 0 fully saturated rings. The number of aliphatic hydroxyl groups is 1. The van der Waals surface area contributed by atoms with Gasteiger partial charge in [-0.15, -0.1) is 11.3 Å². The number of furan rings is 1. The van der Waals surface area contributed by atoms with Crippen molar-refractivity contribution in [3.63, 3.8) is 0 Å². The number of rotatable bonds is 7. The van der Waals surface area contributed by atoms with Crippen LogP contribution in [0.5, 0.6) is 0 Å². The molecule has 2 atom stereocenters. The van der Waals surface area contributed by atoms with Crippen molar-refractivity contribution in [2.45, 2.75) is 52.7 Å². The van der Waals surface area contributed by atoms with Crippen LogP contribution in [0.25, 0.3) is 0 Å². The van der Waals surface area contributed by atoms with Crippen molar-refractivity contribution in [1.29, 1.82) is 0 Å². The lowest BCUT2D eigenvalue weighted by atomic mass is 10.1. The first-order valence-electron chi connectivity index (χ1n) is 7.85. The Morgan fingerprint density at radius 3 is 2.78 bits per heavy atom. The summed E-state index contributed by atoms with van der Waals surface area (Å²) in [5.74, 6) is 0.840. The van der Waals surface area contributed by atoms with Gasteiger partial charge in [0.2, 0.25) is 0 Å². The Bertz CT molecular complexity index is 634. The number of carbonyl (C=O) groups excluding carboxylic acids is 1. The predicted molar refractivity (Wildman–Crippen MR) is 90.6 cm³/mol. The maximum atomic E-state index is 12.5. The van der Waals surface area contributed by atoms with E-state index in [1.807, 2.05) is 13.8 Å². The Kier molecular flexibility index (Phi) is 5.96. The molecule has 126 valence electrons. The van der Waals surface area contributed by atoms with Crippen LogP contribution >= 0.6 is 11.3 Å². The number of amides is 1. The van der Waals surface area contributed by atoms with Crippen molar-refractivity contribution < 1.29 is 14.3 Å². The molecule has 0 radical (unpaired) electrons. The summed E-state index contributed by atoms with van der Waals surface area (Å²) in [7, 11) is 0. The van der Waals surface area contributed by atoms with E-state index in [2.05, 4.69) is 24.1 Å². The summed E-state index contributed by atoms with van der Waals surface area (Å²) in [6.45, 7) is 8.01. The molecule has 0 saturated carbocycles. The van der Waals surface area contributed by atoms with Crippen LogP contribution < -0.4 is 5.32 Å². The number of hydrogen-bond donors (Lipinski definition) is 2. The third-order valence-corrected chi connectivity index (χ3v) is 4.45. The quantitative estimate of drug-likeness (QED) is 0.811. The molecule has 0 bridgehead atoms. The van der Waals surface area contributed by atoms with Crippen molar-refractivity contribution in [2.75, 3.05) is 0 Å². The minimum Gasteiger partial charge on any atom is -0.467 e. The highest BCUT2D eigenvalue weighted by atomic mass is 32.1. The van der Waals surface area contributed by atoms with Crippen molar-refractivity contribution in [2.24, 2.45) is 5.92 Å². The zero-order valence-corrected chi connectivity index (χ0v) is 14.8. The second kappa shape index (κ2) is 7.75. The molecule has 2 unspecified atom stereocenters. The number of aromatic nitrogens is 1. The average Bonchev–Trinajstić information content (AvgIpc) is 3.07. The summed E-state index contributed by atoms with van der Waals surface area (Å²) in [5.41, 5.74) is 0.860. The summed E-state index contributed by atoms with van der Waals surface area (Å²) < 4.78 is 5.18. The molecule has 23 heavy (non-hydrogen) atoms. The van der Waals surface area contributed by atoms with Gasteiger partial charge in [0, 0.05) is 12.5 Å². The molecule has 2 rings (SSSR count). The third kappa shape index (κ3) is 4.91. The van der Waals surface area contributed by atoms with Crippen LogP contribution in [0.15, 0.2) is 22.8 Å². The SMILES string of the molecule is Cc1nc(CC(C)C)c(C(=O)NC(C)CC(O)c2ccco2)s1. The molecule has 0 aliphatic rings. The fourth-order valence-electron chi connectivity index (χ4n) is 2.45. The van der Waals surface area contributed by atoms with Gasteiger partial charge in [-0.05, 0) is 38.3 Å². The lowest BCUT2D eigenvalue weighted by molar-refractivity contribution is 0.0906. The van der Waals surface area contributed by atoms with Gasteiger partial charge in [-0.1, -0.05) is 13.8 Å². The first kappa shape index (κ1) is 17.7. The summed E-state index contributed by atoms with van der Waals surface area (Å²) in [5, 5.41) is 13.9. The standard InChI is InChI=1S/C17H24N2O3S/c1-10(2)8-13-16(23-12(4)19-13)17(21)18-11(3)9-14(20)15-6-5-7-22-15/h5-7,10-11,14,20H,8-9H2,1-4H3,(H,18,21). The summed E-state index contributed by atoms with van der Waals surface area (Å²) in [6.07, 6.45) is 1.99. The van der Waals surface area contributed by atoms with Gasteiger partial charge in [-0.2, -0.15) is 0 Å². The van der Waals surface area contributed by atoms with Crippen LogP contribution in [-0.4, -0.2) is 22.0 Å². The molecule has 0 aliphatic carbocycles. The Morgan fingerprint density at radius 1 is 1.43 bits per heavy atom.